The van der Waals surface area contributed by atoms with Crippen molar-refractivity contribution in [1.82, 2.24) is 4.90 Å². The molecule has 3 rings (SSSR count). The highest BCUT2D eigenvalue weighted by molar-refractivity contribution is 6.32. The number of benzene rings is 1. The predicted octanol–water partition coefficient (Wildman–Crippen LogP) is 3.76. The van der Waals surface area contributed by atoms with Gasteiger partial charge in [-0.3, -0.25) is 4.79 Å². The standard InChI is InChI=1S/C18H20ClNO4/c1-12-9-20(10-13(2)23-12)18(21)17-8-7-14(24-17)11-22-16-6-4-3-5-15(16)19/h3-8,12-13H,9-11H2,1-2H3/t12-,13+. The molecule has 0 aliphatic carbocycles. The van der Waals surface area contributed by atoms with Crippen molar-refractivity contribution in [1.29, 1.82) is 0 Å². The molecule has 2 atom stereocenters. The molecule has 1 saturated heterocycles. The van der Waals surface area contributed by atoms with E-state index >= 15 is 0 Å². The van der Waals surface area contributed by atoms with Gasteiger partial charge in [-0.15, -0.1) is 0 Å². The first-order valence-corrected chi connectivity index (χ1v) is 8.31. The van der Waals surface area contributed by atoms with Crippen LogP contribution in [0.15, 0.2) is 40.8 Å². The van der Waals surface area contributed by atoms with Crippen LogP contribution in [0.1, 0.15) is 30.2 Å². The summed E-state index contributed by atoms with van der Waals surface area (Å²) in [6.45, 7) is 5.26. The molecule has 1 aromatic carbocycles. The van der Waals surface area contributed by atoms with Gasteiger partial charge in [-0.2, -0.15) is 0 Å². The topological polar surface area (TPSA) is 51.9 Å². The van der Waals surface area contributed by atoms with Gasteiger partial charge in [0.2, 0.25) is 0 Å². The highest BCUT2D eigenvalue weighted by Crippen LogP contribution is 2.24. The molecule has 2 heterocycles. The maximum atomic E-state index is 12.5. The van der Waals surface area contributed by atoms with E-state index in [1.165, 1.54) is 0 Å². The van der Waals surface area contributed by atoms with Crippen LogP contribution in [0.5, 0.6) is 5.75 Å². The molecule has 1 aromatic heterocycles. The van der Waals surface area contributed by atoms with E-state index in [1.54, 1.807) is 29.2 Å². The highest BCUT2D eigenvalue weighted by Gasteiger charge is 2.28. The number of furan rings is 1. The van der Waals surface area contributed by atoms with Crippen molar-refractivity contribution in [3.8, 4) is 5.75 Å². The third-order valence-electron chi connectivity index (χ3n) is 3.79. The number of carbonyl (C=O) groups excluding carboxylic acids is 1. The van der Waals surface area contributed by atoms with Crippen molar-refractivity contribution in [2.75, 3.05) is 13.1 Å². The second-order valence-electron chi connectivity index (χ2n) is 5.95. The molecule has 1 aliphatic rings. The van der Waals surface area contributed by atoms with Gasteiger partial charge in [0.1, 0.15) is 18.1 Å². The monoisotopic (exact) mass is 349 g/mol. The number of halogens is 1. The van der Waals surface area contributed by atoms with E-state index in [0.717, 1.165) is 0 Å². The van der Waals surface area contributed by atoms with E-state index in [4.69, 9.17) is 25.5 Å². The molecule has 128 valence electrons. The maximum Gasteiger partial charge on any atom is 0.289 e. The Labute approximate surface area is 146 Å². The van der Waals surface area contributed by atoms with Gasteiger partial charge >= 0.3 is 0 Å². The van der Waals surface area contributed by atoms with Crippen molar-refractivity contribution in [2.24, 2.45) is 0 Å². The molecule has 1 fully saturated rings. The molecule has 0 unspecified atom stereocenters. The third kappa shape index (κ3) is 3.91. The lowest BCUT2D eigenvalue weighted by atomic mass is 10.2. The summed E-state index contributed by atoms with van der Waals surface area (Å²) in [6, 6.07) is 10.7. The average molecular weight is 350 g/mol. The van der Waals surface area contributed by atoms with Crippen LogP contribution in [0.2, 0.25) is 5.02 Å². The van der Waals surface area contributed by atoms with Crippen molar-refractivity contribution >= 4 is 17.5 Å². The summed E-state index contributed by atoms with van der Waals surface area (Å²) in [4.78, 5) is 14.3. The lowest BCUT2D eigenvalue weighted by Crippen LogP contribution is -2.48. The number of carbonyl (C=O) groups is 1. The van der Waals surface area contributed by atoms with Gasteiger partial charge < -0.3 is 18.8 Å². The lowest BCUT2D eigenvalue weighted by molar-refractivity contribution is -0.0592. The number of morpholine rings is 1. The Kier molecular flexibility index (Phi) is 5.11. The van der Waals surface area contributed by atoms with Gasteiger partial charge in [0.25, 0.3) is 5.91 Å². The van der Waals surface area contributed by atoms with Crippen LogP contribution >= 0.6 is 11.6 Å². The number of hydrogen-bond donors (Lipinski definition) is 0. The second kappa shape index (κ2) is 7.28. The average Bonchev–Trinajstić information content (AvgIpc) is 3.01. The number of amides is 1. The zero-order valence-electron chi connectivity index (χ0n) is 13.7. The maximum absolute atomic E-state index is 12.5. The summed E-state index contributed by atoms with van der Waals surface area (Å²) in [5, 5.41) is 0.539. The minimum atomic E-state index is -0.124. The fourth-order valence-corrected chi connectivity index (χ4v) is 2.97. The summed E-state index contributed by atoms with van der Waals surface area (Å²) in [6.07, 6.45) is 0.0476. The smallest absolute Gasteiger partial charge is 0.289 e. The molecule has 24 heavy (non-hydrogen) atoms. The SMILES string of the molecule is C[C@@H]1CN(C(=O)c2ccc(COc3ccccc3Cl)o2)C[C@H](C)O1. The number of ether oxygens (including phenoxy) is 2. The van der Waals surface area contributed by atoms with Crippen LogP contribution < -0.4 is 4.74 Å². The van der Waals surface area contributed by atoms with Crippen LogP contribution in [0, 0.1) is 0 Å². The molecule has 0 saturated carbocycles. The van der Waals surface area contributed by atoms with E-state index in [0.29, 0.717) is 35.4 Å². The Morgan fingerprint density at radius 1 is 1.21 bits per heavy atom. The Bertz CT molecular complexity index is 705. The molecule has 1 amide bonds. The van der Waals surface area contributed by atoms with Gasteiger partial charge in [0.05, 0.1) is 17.2 Å². The van der Waals surface area contributed by atoms with Gasteiger partial charge in [-0.25, -0.2) is 0 Å². The summed E-state index contributed by atoms with van der Waals surface area (Å²) < 4.78 is 16.9. The molecule has 6 heteroatoms. The first-order valence-electron chi connectivity index (χ1n) is 7.93. The van der Waals surface area contributed by atoms with E-state index in [2.05, 4.69) is 0 Å². The highest BCUT2D eigenvalue weighted by atomic mass is 35.5. The van der Waals surface area contributed by atoms with Gasteiger partial charge in [-0.1, -0.05) is 23.7 Å². The molecule has 0 radical (unpaired) electrons. The summed E-state index contributed by atoms with van der Waals surface area (Å²) >= 11 is 6.05. The first-order chi connectivity index (χ1) is 11.5. The number of para-hydroxylation sites is 1. The zero-order chi connectivity index (χ0) is 17.1. The minimum absolute atomic E-state index is 0.0238. The quantitative estimate of drug-likeness (QED) is 0.843. The van der Waals surface area contributed by atoms with Gasteiger partial charge in [-0.05, 0) is 38.1 Å². The van der Waals surface area contributed by atoms with Crippen LogP contribution in [-0.4, -0.2) is 36.1 Å². The van der Waals surface area contributed by atoms with Crippen molar-refractivity contribution < 1.29 is 18.7 Å². The van der Waals surface area contributed by atoms with Crippen molar-refractivity contribution in [2.45, 2.75) is 32.7 Å². The second-order valence-corrected chi connectivity index (χ2v) is 6.36. The zero-order valence-corrected chi connectivity index (χ0v) is 14.5. The largest absolute Gasteiger partial charge is 0.484 e. The van der Waals surface area contributed by atoms with Crippen LogP contribution in [0.3, 0.4) is 0 Å². The Hall–Kier alpha value is -1.98. The van der Waals surface area contributed by atoms with Crippen molar-refractivity contribution in [3.63, 3.8) is 0 Å². The van der Waals surface area contributed by atoms with E-state index < -0.39 is 0 Å². The van der Waals surface area contributed by atoms with E-state index in [9.17, 15) is 4.79 Å². The van der Waals surface area contributed by atoms with Crippen LogP contribution in [0.4, 0.5) is 0 Å². The van der Waals surface area contributed by atoms with E-state index in [-0.39, 0.29) is 24.7 Å². The normalized spacial score (nSPS) is 20.9. The molecular formula is C18H20ClNO4. The summed E-state index contributed by atoms with van der Waals surface area (Å²) in [5.74, 6) is 1.35. The molecule has 0 bridgehead atoms. The Morgan fingerprint density at radius 3 is 2.62 bits per heavy atom. The molecule has 2 aromatic rings. The van der Waals surface area contributed by atoms with Crippen molar-refractivity contribution in [3.05, 3.63) is 52.9 Å². The molecule has 0 spiro atoms. The summed E-state index contributed by atoms with van der Waals surface area (Å²) in [5.41, 5.74) is 0. The first kappa shape index (κ1) is 16.9. The fourth-order valence-electron chi connectivity index (χ4n) is 2.78. The summed E-state index contributed by atoms with van der Waals surface area (Å²) in [7, 11) is 0. The van der Waals surface area contributed by atoms with Crippen LogP contribution in [0.25, 0.3) is 0 Å². The lowest BCUT2D eigenvalue weighted by Gasteiger charge is -2.34. The Balaban J connectivity index is 1.62. The molecule has 1 aliphatic heterocycles. The van der Waals surface area contributed by atoms with Crippen LogP contribution in [-0.2, 0) is 11.3 Å². The number of nitrogens with zero attached hydrogens (tertiary/aromatic N) is 1. The molecule has 5 nitrogen and oxygen atoms in total. The van der Waals surface area contributed by atoms with Gasteiger partial charge in [0.15, 0.2) is 5.76 Å². The predicted molar refractivity (Wildman–Crippen MR) is 90.4 cm³/mol. The fraction of sp³-hybridized carbons (Fsp3) is 0.389. The molecule has 0 N–H and O–H groups in total. The van der Waals surface area contributed by atoms with E-state index in [1.807, 2.05) is 26.0 Å². The molecular weight excluding hydrogens is 330 g/mol. The van der Waals surface area contributed by atoms with Gasteiger partial charge in [0, 0.05) is 13.1 Å². The number of rotatable bonds is 4. The number of hydrogen-bond acceptors (Lipinski definition) is 4. The minimum Gasteiger partial charge on any atom is -0.484 e. The Morgan fingerprint density at radius 2 is 1.92 bits per heavy atom. The third-order valence-corrected chi connectivity index (χ3v) is 4.10.